The molecule has 7 rings (SSSR count). The number of likely N-dealkylation sites (tertiary alicyclic amines) is 2. The van der Waals surface area contributed by atoms with Crippen molar-refractivity contribution in [1.29, 1.82) is 0 Å². The fourth-order valence-electron chi connectivity index (χ4n) is 8.01. The number of hydrogen-bond donors (Lipinski definition) is 1. The normalized spacial score (nSPS) is 26.7. The number of imide groups is 1. The van der Waals surface area contributed by atoms with Gasteiger partial charge in [0.15, 0.2) is 0 Å². The number of nitrogens with one attached hydrogen (secondary N) is 1. The van der Waals surface area contributed by atoms with Crippen LogP contribution in [0.15, 0.2) is 48.0 Å². The lowest BCUT2D eigenvalue weighted by Gasteiger charge is -2.34. The minimum absolute atomic E-state index is 0.101. The Labute approximate surface area is 257 Å². The highest BCUT2D eigenvalue weighted by Gasteiger charge is 2.44. The summed E-state index contributed by atoms with van der Waals surface area (Å²) in [5.74, 6) is -0.109. The minimum atomic E-state index is -0.609. The van der Waals surface area contributed by atoms with Crippen LogP contribution in [0.4, 0.5) is 4.39 Å². The van der Waals surface area contributed by atoms with Gasteiger partial charge in [0, 0.05) is 56.8 Å². The molecule has 4 heterocycles. The molecular weight excluding hydrogens is 559 g/mol. The third-order valence-corrected chi connectivity index (χ3v) is 10.4. The van der Waals surface area contributed by atoms with Gasteiger partial charge in [-0.15, -0.1) is 0 Å². The van der Waals surface area contributed by atoms with Gasteiger partial charge in [-0.1, -0.05) is 38.1 Å². The van der Waals surface area contributed by atoms with Crippen LogP contribution in [0.2, 0.25) is 0 Å². The van der Waals surface area contributed by atoms with E-state index in [1.807, 2.05) is 12.1 Å². The van der Waals surface area contributed by atoms with Crippen LogP contribution < -0.4 is 5.32 Å². The molecule has 0 bridgehead atoms. The highest BCUT2D eigenvalue weighted by atomic mass is 19.1. The summed E-state index contributed by atoms with van der Waals surface area (Å²) in [6.45, 7) is 8.97. The third-order valence-electron chi connectivity index (χ3n) is 10.4. The summed E-state index contributed by atoms with van der Waals surface area (Å²) in [7, 11) is 0. The van der Waals surface area contributed by atoms with Gasteiger partial charge in [-0.05, 0) is 83.4 Å². The van der Waals surface area contributed by atoms with Crippen molar-refractivity contribution in [3.8, 4) is 0 Å². The van der Waals surface area contributed by atoms with Crippen molar-refractivity contribution in [2.24, 2.45) is 17.3 Å². The van der Waals surface area contributed by atoms with E-state index in [1.54, 1.807) is 17.0 Å². The molecule has 9 heteroatoms. The van der Waals surface area contributed by atoms with Gasteiger partial charge in [0.2, 0.25) is 17.7 Å². The number of carbonyl (C=O) groups excluding carboxylic acids is 4. The van der Waals surface area contributed by atoms with E-state index in [1.165, 1.54) is 12.1 Å². The molecule has 0 aromatic heterocycles. The molecule has 3 saturated heterocycles. The molecule has 3 atom stereocenters. The van der Waals surface area contributed by atoms with E-state index < -0.39 is 11.9 Å². The van der Waals surface area contributed by atoms with Gasteiger partial charge in [-0.25, -0.2) is 4.39 Å². The number of fused-ring (bicyclic) bond motifs is 2. The maximum atomic E-state index is 13.9. The molecule has 0 saturated carbocycles. The van der Waals surface area contributed by atoms with Crippen LogP contribution in [0, 0.1) is 23.1 Å². The van der Waals surface area contributed by atoms with Gasteiger partial charge >= 0.3 is 0 Å². The van der Waals surface area contributed by atoms with Crippen molar-refractivity contribution in [1.82, 2.24) is 20.0 Å². The first kappa shape index (κ1) is 28.9. The molecule has 8 nitrogen and oxygen atoms in total. The number of allylic oxidation sites excluding steroid dienone is 1. The Kier molecular flexibility index (Phi) is 7.19. The lowest BCUT2D eigenvalue weighted by Crippen LogP contribution is -2.52. The van der Waals surface area contributed by atoms with Crippen molar-refractivity contribution < 1.29 is 23.6 Å². The van der Waals surface area contributed by atoms with Crippen molar-refractivity contribution in [2.75, 3.05) is 26.2 Å². The monoisotopic (exact) mass is 598 g/mol. The van der Waals surface area contributed by atoms with E-state index in [9.17, 15) is 23.6 Å². The number of carbonyl (C=O) groups is 4. The molecule has 3 fully saturated rings. The van der Waals surface area contributed by atoms with Gasteiger partial charge in [0.05, 0.1) is 0 Å². The zero-order chi connectivity index (χ0) is 30.7. The first-order valence-electron chi connectivity index (χ1n) is 15.8. The van der Waals surface area contributed by atoms with Crippen LogP contribution in [-0.4, -0.2) is 70.5 Å². The Morgan fingerprint density at radius 2 is 1.70 bits per heavy atom. The average Bonchev–Trinajstić information content (AvgIpc) is 3.64. The van der Waals surface area contributed by atoms with E-state index in [-0.39, 0.29) is 35.4 Å². The van der Waals surface area contributed by atoms with Crippen LogP contribution in [0.25, 0.3) is 5.57 Å². The number of hydrogen-bond acceptors (Lipinski definition) is 5. The summed E-state index contributed by atoms with van der Waals surface area (Å²) < 4.78 is 13.7. The van der Waals surface area contributed by atoms with Crippen molar-refractivity contribution in [2.45, 2.75) is 65.1 Å². The molecule has 2 aromatic carbocycles. The second-order valence-corrected chi connectivity index (χ2v) is 14.1. The van der Waals surface area contributed by atoms with Crippen LogP contribution in [0.1, 0.15) is 73.0 Å². The predicted molar refractivity (Wildman–Crippen MR) is 162 cm³/mol. The lowest BCUT2D eigenvalue weighted by atomic mass is 9.72. The van der Waals surface area contributed by atoms with Gasteiger partial charge < -0.3 is 9.80 Å². The summed E-state index contributed by atoms with van der Waals surface area (Å²) in [6, 6.07) is 11.9. The molecule has 4 amide bonds. The topological polar surface area (TPSA) is 90.0 Å². The summed E-state index contributed by atoms with van der Waals surface area (Å²) in [4.78, 5) is 57.0. The minimum Gasteiger partial charge on any atom is -0.338 e. The van der Waals surface area contributed by atoms with Crippen LogP contribution in [0.5, 0.6) is 0 Å². The molecule has 1 aliphatic carbocycles. The second-order valence-electron chi connectivity index (χ2n) is 14.1. The molecule has 230 valence electrons. The number of halogens is 1. The molecule has 0 spiro atoms. The number of amides is 4. The van der Waals surface area contributed by atoms with E-state index in [2.05, 4.69) is 35.0 Å². The highest BCUT2D eigenvalue weighted by molar-refractivity contribution is 6.05. The predicted octanol–water partition coefficient (Wildman–Crippen LogP) is 4.14. The lowest BCUT2D eigenvalue weighted by molar-refractivity contribution is -0.137. The summed E-state index contributed by atoms with van der Waals surface area (Å²) in [6.07, 6.45) is 3.12. The fourth-order valence-corrected chi connectivity index (χ4v) is 8.01. The van der Waals surface area contributed by atoms with Crippen LogP contribution in [0.3, 0.4) is 0 Å². The van der Waals surface area contributed by atoms with Gasteiger partial charge in [-0.2, -0.15) is 0 Å². The summed E-state index contributed by atoms with van der Waals surface area (Å²) in [5, 5.41) is 2.36. The Bertz CT molecular complexity index is 1570. The van der Waals surface area contributed by atoms with Gasteiger partial charge in [-0.3, -0.25) is 29.4 Å². The Morgan fingerprint density at radius 1 is 0.977 bits per heavy atom. The quantitative estimate of drug-likeness (QED) is 0.523. The summed E-state index contributed by atoms with van der Waals surface area (Å²) >= 11 is 0. The molecule has 4 aliphatic heterocycles. The fraction of sp³-hybridized carbons (Fsp3) is 0.486. The van der Waals surface area contributed by atoms with Gasteiger partial charge in [0.25, 0.3) is 5.91 Å². The maximum absolute atomic E-state index is 13.9. The highest BCUT2D eigenvalue weighted by Crippen LogP contribution is 2.44. The van der Waals surface area contributed by atoms with Crippen molar-refractivity contribution in [3.63, 3.8) is 0 Å². The molecule has 5 aliphatic rings. The van der Waals surface area contributed by atoms with E-state index in [0.717, 1.165) is 79.8 Å². The van der Waals surface area contributed by atoms with E-state index in [0.29, 0.717) is 30.4 Å². The Morgan fingerprint density at radius 3 is 2.41 bits per heavy atom. The third kappa shape index (κ3) is 5.36. The number of rotatable bonds is 5. The summed E-state index contributed by atoms with van der Waals surface area (Å²) in [5.41, 5.74) is 5.70. The molecule has 3 unspecified atom stereocenters. The Balaban J connectivity index is 0.991. The first-order valence-corrected chi connectivity index (χ1v) is 15.8. The maximum Gasteiger partial charge on any atom is 0.255 e. The molecule has 2 aromatic rings. The molecule has 1 N–H and O–H groups in total. The average molecular weight is 599 g/mol. The van der Waals surface area contributed by atoms with Crippen LogP contribution in [-0.2, 0) is 27.5 Å². The second kappa shape index (κ2) is 10.9. The standard InChI is InChI=1S/C35H39FN4O4/c1-35(2)12-11-28(29(14-35)22-4-6-26(36)7-5-22)33(43)39-18-24-16-38(17-25(24)19-39)15-21-3-8-27-23(13-21)20-40(34(27)44)30-9-10-31(41)37-32(30)42/h3-8,13,24-25,30H,9-12,14-20H2,1-2H3,(H,37,41,42). The molecular formula is C35H39FN4O4. The first-order chi connectivity index (χ1) is 21.0. The Hall–Kier alpha value is -3.85. The molecule has 44 heavy (non-hydrogen) atoms. The van der Waals surface area contributed by atoms with E-state index >= 15 is 0 Å². The zero-order valence-corrected chi connectivity index (χ0v) is 25.4. The number of benzene rings is 2. The van der Waals surface area contributed by atoms with E-state index in [4.69, 9.17) is 0 Å². The smallest absolute Gasteiger partial charge is 0.255 e. The van der Waals surface area contributed by atoms with Gasteiger partial charge in [0.1, 0.15) is 11.9 Å². The number of piperidine rings is 1. The SMILES string of the molecule is CC1(C)CCC(C(=O)N2CC3CN(Cc4ccc5c(c4)CN(C4CCC(=O)NC4=O)C5=O)CC3C2)=C(c2ccc(F)cc2)C1. The van der Waals surface area contributed by atoms with Crippen LogP contribution >= 0.6 is 0 Å². The largest absolute Gasteiger partial charge is 0.338 e. The number of nitrogens with zero attached hydrogens (tertiary/aromatic N) is 3. The zero-order valence-electron chi connectivity index (χ0n) is 25.4. The molecule has 0 radical (unpaired) electrons. The van der Waals surface area contributed by atoms with Crippen molar-refractivity contribution in [3.05, 3.63) is 76.1 Å². The van der Waals surface area contributed by atoms with Crippen molar-refractivity contribution >= 4 is 29.2 Å².